The maximum atomic E-state index is 9.31. The third-order valence-electron chi connectivity index (χ3n) is 3.73. The molecule has 1 fully saturated rings. The van der Waals surface area contributed by atoms with Gasteiger partial charge in [-0.15, -0.1) is 0 Å². The lowest BCUT2D eigenvalue weighted by molar-refractivity contribution is 0.276. The van der Waals surface area contributed by atoms with Crippen molar-refractivity contribution < 1.29 is 5.11 Å². The number of hydrogen-bond acceptors (Lipinski definition) is 2. The number of hydrogen-bond donors (Lipinski definition) is 2. The Kier molecular flexibility index (Phi) is 4.06. The Morgan fingerprint density at radius 2 is 1.76 bits per heavy atom. The Morgan fingerprint density at radius 3 is 2.41 bits per heavy atom. The highest BCUT2D eigenvalue weighted by atomic mass is 16.3. The SMILES string of the molecule is CC1CC(C)CC(Nc2ccccc2CO)C1. The van der Waals surface area contributed by atoms with Crippen LogP contribution in [0.5, 0.6) is 0 Å². The lowest BCUT2D eigenvalue weighted by Gasteiger charge is -2.33. The number of aliphatic hydroxyl groups excluding tert-OH is 1. The van der Waals surface area contributed by atoms with Gasteiger partial charge in [0.1, 0.15) is 0 Å². The maximum Gasteiger partial charge on any atom is 0.0701 e. The van der Waals surface area contributed by atoms with E-state index in [9.17, 15) is 5.11 Å². The summed E-state index contributed by atoms with van der Waals surface area (Å²) in [5.41, 5.74) is 2.10. The summed E-state index contributed by atoms with van der Waals surface area (Å²) in [6.07, 6.45) is 3.83. The van der Waals surface area contributed by atoms with Crippen molar-refractivity contribution in [2.24, 2.45) is 11.8 Å². The Labute approximate surface area is 104 Å². The molecule has 0 aromatic heterocycles. The first-order valence-electron chi connectivity index (χ1n) is 6.64. The standard InChI is InChI=1S/C15H23NO/c1-11-7-12(2)9-14(8-11)16-15-6-4-3-5-13(15)10-17/h3-6,11-12,14,16-17H,7-10H2,1-2H3. The lowest BCUT2D eigenvalue weighted by atomic mass is 9.80. The van der Waals surface area contributed by atoms with Crippen LogP contribution in [0.3, 0.4) is 0 Å². The van der Waals surface area contributed by atoms with E-state index in [-0.39, 0.29) is 6.61 Å². The molecule has 0 bridgehead atoms. The second-order valence-corrected chi connectivity index (χ2v) is 5.57. The Balaban J connectivity index is 2.04. The monoisotopic (exact) mass is 233 g/mol. The molecule has 0 spiro atoms. The summed E-state index contributed by atoms with van der Waals surface area (Å²) in [5, 5.41) is 12.9. The zero-order chi connectivity index (χ0) is 12.3. The molecule has 0 heterocycles. The van der Waals surface area contributed by atoms with Gasteiger partial charge in [0.2, 0.25) is 0 Å². The van der Waals surface area contributed by atoms with Crippen LogP contribution in [-0.2, 0) is 6.61 Å². The number of para-hydroxylation sites is 1. The van der Waals surface area contributed by atoms with Crippen LogP contribution in [0.1, 0.15) is 38.7 Å². The normalized spacial score (nSPS) is 29.0. The Bertz CT molecular complexity index is 354. The molecule has 2 atom stereocenters. The fourth-order valence-electron chi connectivity index (χ4n) is 3.08. The largest absolute Gasteiger partial charge is 0.392 e. The molecule has 0 radical (unpaired) electrons. The molecule has 2 unspecified atom stereocenters. The zero-order valence-electron chi connectivity index (χ0n) is 10.8. The van der Waals surface area contributed by atoms with Crippen molar-refractivity contribution in [1.82, 2.24) is 0 Å². The molecule has 17 heavy (non-hydrogen) atoms. The second kappa shape index (κ2) is 5.54. The molecule has 1 aromatic carbocycles. The third kappa shape index (κ3) is 3.22. The van der Waals surface area contributed by atoms with Crippen LogP contribution in [0.25, 0.3) is 0 Å². The number of rotatable bonds is 3. The molecule has 2 rings (SSSR count). The van der Waals surface area contributed by atoms with Crippen LogP contribution in [0.15, 0.2) is 24.3 Å². The van der Waals surface area contributed by atoms with Crippen LogP contribution in [0.4, 0.5) is 5.69 Å². The van der Waals surface area contributed by atoms with E-state index in [4.69, 9.17) is 0 Å². The molecule has 0 saturated heterocycles. The zero-order valence-corrected chi connectivity index (χ0v) is 10.8. The summed E-state index contributed by atoms with van der Waals surface area (Å²) in [6.45, 7) is 4.78. The van der Waals surface area contributed by atoms with Gasteiger partial charge in [-0.3, -0.25) is 0 Å². The number of benzene rings is 1. The average Bonchev–Trinajstić information content (AvgIpc) is 2.28. The minimum absolute atomic E-state index is 0.112. The van der Waals surface area contributed by atoms with Gasteiger partial charge in [0.15, 0.2) is 0 Å². The smallest absolute Gasteiger partial charge is 0.0701 e. The van der Waals surface area contributed by atoms with Gasteiger partial charge >= 0.3 is 0 Å². The van der Waals surface area contributed by atoms with Gasteiger partial charge in [-0.05, 0) is 37.2 Å². The molecule has 1 aliphatic carbocycles. The van der Waals surface area contributed by atoms with E-state index >= 15 is 0 Å². The molecule has 2 nitrogen and oxygen atoms in total. The van der Waals surface area contributed by atoms with Crippen LogP contribution < -0.4 is 5.32 Å². The highest BCUT2D eigenvalue weighted by Crippen LogP contribution is 2.31. The topological polar surface area (TPSA) is 32.3 Å². The first kappa shape index (κ1) is 12.4. The molecule has 1 saturated carbocycles. The van der Waals surface area contributed by atoms with Crippen molar-refractivity contribution in [3.05, 3.63) is 29.8 Å². The van der Waals surface area contributed by atoms with Crippen molar-refractivity contribution in [3.63, 3.8) is 0 Å². The maximum absolute atomic E-state index is 9.31. The van der Waals surface area contributed by atoms with Gasteiger partial charge in [0.25, 0.3) is 0 Å². The second-order valence-electron chi connectivity index (χ2n) is 5.57. The van der Waals surface area contributed by atoms with E-state index in [2.05, 4.69) is 25.2 Å². The van der Waals surface area contributed by atoms with E-state index in [0.29, 0.717) is 6.04 Å². The first-order valence-corrected chi connectivity index (χ1v) is 6.64. The summed E-state index contributed by atoms with van der Waals surface area (Å²) in [7, 11) is 0. The van der Waals surface area contributed by atoms with E-state index in [1.165, 1.54) is 19.3 Å². The first-order chi connectivity index (χ1) is 8.19. The summed E-state index contributed by atoms with van der Waals surface area (Å²) in [5.74, 6) is 1.61. The highest BCUT2D eigenvalue weighted by Gasteiger charge is 2.23. The van der Waals surface area contributed by atoms with Crippen molar-refractivity contribution >= 4 is 5.69 Å². The molecule has 1 aromatic rings. The van der Waals surface area contributed by atoms with E-state index in [0.717, 1.165) is 23.1 Å². The molecule has 2 heteroatoms. The predicted octanol–water partition coefficient (Wildman–Crippen LogP) is 3.42. The summed E-state index contributed by atoms with van der Waals surface area (Å²) >= 11 is 0. The van der Waals surface area contributed by atoms with Crippen LogP contribution >= 0.6 is 0 Å². The third-order valence-corrected chi connectivity index (χ3v) is 3.73. The van der Waals surface area contributed by atoms with Crippen molar-refractivity contribution in [2.75, 3.05) is 5.32 Å². The molecule has 0 amide bonds. The van der Waals surface area contributed by atoms with Crippen LogP contribution in [0.2, 0.25) is 0 Å². The van der Waals surface area contributed by atoms with Gasteiger partial charge in [-0.2, -0.15) is 0 Å². The molecule has 2 N–H and O–H groups in total. The predicted molar refractivity (Wildman–Crippen MR) is 72.0 cm³/mol. The fourth-order valence-corrected chi connectivity index (χ4v) is 3.08. The Morgan fingerprint density at radius 1 is 1.12 bits per heavy atom. The highest BCUT2D eigenvalue weighted by molar-refractivity contribution is 5.51. The number of nitrogens with one attached hydrogen (secondary N) is 1. The average molecular weight is 233 g/mol. The number of anilines is 1. The molecular weight excluding hydrogens is 210 g/mol. The van der Waals surface area contributed by atoms with Gasteiger partial charge in [0, 0.05) is 17.3 Å². The summed E-state index contributed by atoms with van der Waals surface area (Å²) in [6, 6.07) is 8.61. The van der Waals surface area contributed by atoms with Crippen molar-refractivity contribution in [3.8, 4) is 0 Å². The number of aliphatic hydroxyl groups is 1. The molecule has 94 valence electrons. The van der Waals surface area contributed by atoms with Crippen molar-refractivity contribution in [2.45, 2.75) is 45.8 Å². The summed E-state index contributed by atoms with van der Waals surface area (Å²) in [4.78, 5) is 0. The van der Waals surface area contributed by atoms with E-state index in [1.807, 2.05) is 18.2 Å². The molecular formula is C15H23NO. The van der Waals surface area contributed by atoms with Crippen LogP contribution in [-0.4, -0.2) is 11.1 Å². The minimum Gasteiger partial charge on any atom is -0.392 e. The van der Waals surface area contributed by atoms with Gasteiger partial charge in [0.05, 0.1) is 6.61 Å². The quantitative estimate of drug-likeness (QED) is 0.838. The summed E-state index contributed by atoms with van der Waals surface area (Å²) < 4.78 is 0. The minimum atomic E-state index is 0.112. The van der Waals surface area contributed by atoms with Gasteiger partial charge in [-0.25, -0.2) is 0 Å². The lowest BCUT2D eigenvalue weighted by Crippen LogP contribution is -2.30. The van der Waals surface area contributed by atoms with Gasteiger partial charge in [-0.1, -0.05) is 32.0 Å². The molecule has 1 aliphatic rings. The van der Waals surface area contributed by atoms with Gasteiger partial charge < -0.3 is 10.4 Å². The molecule has 0 aliphatic heterocycles. The fraction of sp³-hybridized carbons (Fsp3) is 0.600. The van der Waals surface area contributed by atoms with E-state index in [1.54, 1.807) is 0 Å². The van der Waals surface area contributed by atoms with Crippen molar-refractivity contribution in [1.29, 1.82) is 0 Å². The van der Waals surface area contributed by atoms with Crippen LogP contribution in [0, 0.1) is 11.8 Å². The van der Waals surface area contributed by atoms with E-state index < -0.39 is 0 Å². The Hall–Kier alpha value is -1.02.